The summed E-state index contributed by atoms with van der Waals surface area (Å²) in [5, 5.41) is 22.0. The summed E-state index contributed by atoms with van der Waals surface area (Å²) in [6, 6.07) is 0. The highest BCUT2D eigenvalue weighted by Crippen LogP contribution is 2.54. The molecule has 0 unspecified atom stereocenters. The minimum absolute atomic E-state index is 0.231. The van der Waals surface area contributed by atoms with E-state index in [1.807, 2.05) is 0 Å². The third-order valence-electron chi connectivity index (χ3n) is 4.70. The molecule has 1 spiro atoms. The van der Waals surface area contributed by atoms with Crippen molar-refractivity contribution in [3.63, 3.8) is 0 Å². The van der Waals surface area contributed by atoms with E-state index in [-0.39, 0.29) is 5.92 Å². The van der Waals surface area contributed by atoms with Crippen LogP contribution < -0.4 is 0 Å². The Morgan fingerprint density at radius 2 is 1.95 bits per heavy atom. The number of hydrogen-bond donors (Lipinski definition) is 2. The molecule has 2 aliphatic rings. The Morgan fingerprint density at radius 1 is 1.36 bits per heavy atom. The summed E-state index contributed by atoms with van der Waals surface area (Å²) in [5.74, 6) is 1.67. The van der Waals surface area contributed by atoms with Crippen molar-refractivity contribution >= 4 is 5.97 Å². The summed E-state index contributed by atoms with van der Waals surface area (Å²) < 4.78 is 0. The molecule has 0 radical (unpaired) electrons. The fourth-order valence-electron chi connectivity index (χ4n) is 3.25. The van der Waals surface area contributed by atoms with E-state index in [9.17, 15) is 4.79 Å². The number of likely N-dealkylation sites (tertiary alicyclic amines) is 1. The first kappa shape index (κ1) is 16.9. The van der Waals surface area contributed by atoms with Crippen LogP contribution in [0.4, 0.5) is 0 Å². The zero-order valence-electron chi connectivity index (χ0n) is 13.9. The van der Waals surface area contributed by atoms with Crippen molar-refractivity contribution in [2.24, 2.45) is 23.2 Å². The molecule has 1 saturated carbocycles. The standard InChI is InChI=1S/C11H19N5.C4H8O2/c1-8(2)9-3-11(4-9)6-16(7-11)5-10-12-14-15-13-10;1-3(2)4(5)6/h8-9H,3-7H2,1-2H3,(H,12,13,14,15);3H,1-2H3,(H,5,6). The van der Waals surface area contributed by atoms with Crippen molar-refractivity contribution < 1.29 is 9.90 Å². The Kier molecular flexibility index (Phi) is 5.16. The second-order valence-electron chi connectivity index (χ2n) is 7.38. The van der Waals surface area contributed by atoms with Gasteiger partial charge in [0.15, 0.2) is 5.82 Å². The minimum atomic E-state index is -0.741. The lowest BCUT2D eigenvalue weighted by Crippen LogP contribution is -2.62. The van der Waals surface area contributed by atoms with Gasteiger partial charge in [0.1, 0.15) is 0 Å². The van der Waals surface area contributed by atoms with Crippen molar-refractivity contribution in [1.29, 1.82) is 0 Å². The normalized spacial score (nSPS) is 20.5. The number of aromatic amines is 1. The van der Waals surface area contributed by atoms with Gasteiger partial charge >= 0.3 is 5.97 Å². The van der Waals surface area contributed by atoms with Gasteiger partial charge in [-0.2, -0.15) is 5.21 Å². The van der Waals surface area contributed by atoms with Crippen molar-refractivity contribution in [3.8, 4) is 0 Å². The van der Waals surface area contributed by atoms with E-state index in [1.165, 1.54) is 25.9 Å². The summed E-state index contributed by atoms with van der Waals surface area (Å²) >= 11 is 0. The van der Waals surface area contributed by atoms with Gasteiger partial charge in [0, 0.05) is 13.1 Å². The van der Waals surface area contributed by atoms with E-state index in [4.69, 9.17) is 5.11 Å². The van der Waals surface area contributed by atoms with Gasteiger partial charge in [-0.3, -0.25) is 9.69 Å². The van der Waals surface area contributed by atoms with E-state index in [0.29, 0.717) is 5.41 Å². The molecule has 2 heterocycles. The van der Waals surface area contributed by atoms with Crippen LogP contribution in [0, 0.1) is 23.2 Å². The molecular formula is C15H27N5O2. The molecule has 22 heavy (non-hydrogen) atoms. The Balaban J connectivity index is 0.000000254. The summed E-state index contributed by atoms with van der Waals surface area (Å²) in [5.41, 5.74) is 0.651. The fraction of sp³-hybridized carbons (Fsp3) is 0.867. The van der Waals surface area contributed by atoms with Gasteiger partial charge in [-0.25, -0.2) is 0 Å². The average Bonchev–Trinajstić information content (AvgIpc) is 2.83. The highest BCUT2D eigenvalue weighted by Gasteiger charge is 2.52. The van der Waals surface area contributed by atoms with Crippen molar-refractivity contribution in [2.75, 3.05) is 13.1 Å². The molecule has 3 rings (SSSR count). The number of carboxylic acids is 1. The first-order valence-electron chi connectivity index (χ1n) is 7.99. The number of hydrogen-bond acceptors (Lipinski definition) is 5. The van der Waals surface area contributed by atoms with Gasteiger partial charge in [0.2, 0.25) is 0 Å². The van der Waals surface area contributed by atoms with Crippen LogP contribution in [0.2, 0.25) is 0 Å². The third-order valence-corrected chi connectivity index (χ3v) is 4.70. The maximum absolute atomic E-state index is 9.70. The van der Waals surface area contributed by atoms with Crippen LogP contribution in [0.1, 0.15) is 46.4 Å². The first-order chi connectivity index (χ1) is 10.3. The molecule has 0 aromatic carbocycles. The number of nitrogens with one attached hydrogen (secondary N) is 1. The fourth-order valence-corrected chi connectivity index (χ4v) is 3.25. The van der Waals surface area contributed by atoms with Gasteiger partial charge in [0.05, 0.1) is 12.5 Å². The lowest BCUT2D eigenvalue weighted by atomic mass is 9.55. The van der Waals surface area contributed by atoms with Gasteiger partial charge in [0.25, 0.3) is 0 Å². The lowest BCUT2D eigenvalue weighted by molar-refractivity contribution is -0.140. The highest BCUT2D eigenvalue weighted by atomic mass is 16.4. The minimum Gasteiger partial charge on any atom is -0.481 e. The molecule has 1 aromatic heterocycles. The number of rotatable bonds is 4. The topological polar surface area (TPSA) is 95.0 Å². The van der Waals surface area contributed by atoms with Crippen molar-refractivity contribution in [1.82, 2.24) is 25.5 Å². The summed E-state index contributed by atoms with van der Waals surface area (Å²) in [6.07, 6.45) is 2.85. The summed E-state index contributed by atoms with van der Waals surface area (Å²) in [6.45, 7) is 11.3. The van der Waals surface area contributed by atoms with Crippen LogP contribution in [0.3, 0.4) is 0 Å². The molecule has 124 valence electrons. The van der Waals surface area contributed by atoms with E-state index in [1.54, 1.807) is 13.8 Å². The van der Waals surface area contributed by atoms with E-state index < -0.39 is 5.97 Å². The van der Waals surface area contributed by atoms with Gasteiger partial charge < -0.3 is 5.11 Å². The molecule has 2 fully saturated rings. The second-order valence-corrected chi connectivity index (χ2v) is 7.38. The predicted molar refractivity (Wildman–Crippen MR) is 81.9 cm³/mol. The molecule has 2 N–H and O–H groups in total. The number of carbonyl (C=O) groups is 1. The molecule has 0 amide bonds. The first-order valence-corrected chi connectivity index (χ1v) is 7.99. The SMILES string of the molecule is CC(C)C(=O)O.CC(C)C1CC2(C1)CN(Cc1nn[nH]n1)C2. The molecule has 1 aromatic rings. The Morgan fingerprint density at radius 3 is 2.36 bits per heavy atom. The Bertz CT molecular complexity index is 472. The van der Waals surface area contributed by atoms with Gasteiger partial charge in [-0.15, -0.1) is 10.2 Å². The molecule has 1 aliphatic heterocycles. The Labute approximate surface area is 131 Å². The van der Waals surface area contributed by atoms with Crippen molar-refractivity contribution in [2.45, 2.75) is 47.1 Å². The van der Waals surface area contributed by atoms with E-state index >= 15 is 0 Å². The zero-order chi connectivity index (χ0) is 16.3. The molecular weight excluding hydrogens is 282 g/mol. The second kappa shape index (κ2) is 6.73. The van der Waals surface area contributed by atoms with Crippen LogP contribution in [-0.2, 0) is 11.3 Å². The highest BCUT2D eigenvalue weighted by molar-refractivity contribution is 5.68. The average molecular weight is 309 g/mol. The quantitative estimate of drug-likeness (QED) is 0.880. The summed E-state index contributed by atoms with van der Waals surface area (Å²) in [7, 11) is 0. The van der Waals surface area contributed by atoms with E-state index in [0.717, 1.165) is 24.2 Å². The van der Waals surface area contributed by atoms with Gasteiger partial charge in [-0.1, -0.05) is 32.9 Å². The van der Waals surface area contributed by atoms with Crippen LogP contribution in [0.5, 0.6) is 0 Å². The number of aromatic nitrogens is 4. The number of nitrogens with zero attached hydrogens (tertiary/aromatic N) is 4. The zero-order valence-corrected chi connectivity index (χ0v) is 13.9. The van der Waals surface area contributed by atoms with Crippen LogP contribution in [-0.4, -0.2) is 49.7 Å². The molecule has 7 nitrogen and oxygen atoms in total. The van der Waals surface area contributed by atoms with E-state index in [2.05, 4.69) is 39.4 Å². The predicted octanol–water partition coefficient (Wildman–Crippen LogP) is 1.79. The van der Waals surface area contributed by atoms with Crippen LogP contribution in [0.15, 0.2) is 0 Å². The molecule has 1 aliphatic carbocycles. The maximum Gasteiger partial charge on any atom is 0.305 e. The number of aliphatic carboxylic acids is 1. The third kappa shape index (κ3) is 4.03. The maximum atomic E-state index is 9.70. The smallest absolute Gasteiger partial charge is 0.305 e. The molecule has 0 atom stereocenters. The Hall–Kier alpha value is -1.50. The lowest BCUT2D eigenvalue weighted by Gasteiger charge is -2.60. The van der Waals surface area contributed by atoms with Crippen LogP contribution in [0.25, 0.3) is 0 Å². The number of H-pyrrole nitrogens is 1. The number of tetrazole rings is 1. The summed E-state index contributed by atoms with van der Waals surface area (Å²) in [4.78, 5) is 12.1. The molecule has 1 saturated heterocycles. The molecule has 0 bridgehead atoms. The molecule has 7 heteroatoms. The number of carboxylic acid groups (broad SMARTS) is 1. The largest absolute Gasteiger partial charge is 0.481 e. The van der Waals surface area contributed by atoms with Crippen molar-refractivity contribution in [3.05, 3.63) is 5.82 Å². The van der Waals surface area contributed by atoms with Crippen LogP contribution >= 0.6 is 0 Å². The monoisotopic (exact) mass is 309 g/mol. The van der Waals surface area contributed by atoms with Gasteiger partial charge in [-0.05, 0) is 30.1 Å².